The first kappa shape index (κ1) is 31.2. The Kier molecular flexibility index (Phi) is 8.86. The average Bonchev–Trinajstić information content (AvgIpc) is 3.12. The zero-order chi connectivity index (χ0) is 32.5. The molecule has 5 aromatic rings. The Morgan fingerprint density at radius 2 is 1.51 bits per heavy atom. The van der Waals surface area contributed by atoms with E-state index in [1.54, 1.807) is 40.2 Å². The number of aromatic nitrogens is 1. The number of hydrogen-bond acceptors (Lipinski definition) is 7. The molecule has 0 saturated carbocycles. The molecule has 0 N–H and O–H groups in total. The molecule has 2 heterocycles. The van der Waals surface area contributed by atoms with Gasteiger partial charge in [-0.3, -0.25) is 9.78 Å². The first-order valence-corrected chi connectivity index (χ1v) is 17.2. The molecule has 0 saturated heterocycles. The first-order chi connectivity index (χ1) is 23.0. The van der Waals surface area contributed by atoms with Crippen molar-refractivity contribution >= 4 is 39.3 Å². The van der Waals surface area contributed by atoms with Gasteiger partial charge < -0.3 is 23.8 Å². The topological polar surface area (TPSA) is 70.1 Å². The van der Waals surface area contributed by atoms with E-state index < -0.39 is 0 Å². The second kappa shape index (κ2) is 13.4. The van der Waals surface area contributed by atoms with Crippen molar-refractivity contribution in [2.24, 2.45) is 0 Å². The number of fused-ring (bicyclic) bond motifs is 4. The number of benzene rings is 4. The number of pyridine rings is 1. The third-order valence-corrected chi connectivity index (χ3v) is 10.8. The Labute approximate surface area is 280 Å². The molecule has 4 aromatic carbocycles. The van der Waals surface area contributed by atoms with Gasteiger partial charge in [0.05, 0.1) is 45.8 Å². The van der Waals surface area contributed by atoms with E-state index in [1.807, 2.05) is 12.1 Å². The number of thioether (sulfide) groups is 1. The third kappa shape index (κ3) is 5.84. The average molecular weight is 649 g/mol. The Morgan fingerprint density at radius 1 is 0.809 bits per heavy atom. The molecule has 7 rings (SSSR count). The van der Waals surface area contributed by atoms with Crippen molar-refractivity contribution in [3.05, 3.63) is 94.7 Å². The number of nitrogens with zero attached hydrogens (tertiary/aromatic N) is 2. The molecule has 1 unspecified atom stereocenters. The molecular weight excluding hydrogens is 609 g/mol. The van der Waals surface area contributed by atoms with Crippen molar-refractivity contribution in [3.63, 3.8) is 0 Å². The van der Waals surface area contributed by atoms with Gasteiger partial charge in [-0.15, -0.1) is 11.8 Å². The van der Waals surface area contributed by atoms with E-state index in [0.717, 1.165) is 59.2 Å². The lowest BCUT2D eigenvalue weighted by Gasteiger charge is -2.38. The number of amides is 1. The lowest BCUT2D eigenvalue weighted by molar-refractivity contribution is -0.131. The fourth-order valence-corrected chi connectivity index (χ4v) is 8.46. The number of carbonyl (C=O) groups excluding carboxylic acids is 1. The van der Waals surface area contributed by atoms with Crippen molar-refractivity contribution in [2.45, 2.75) is 49.5 Å². The van der Waals surface area contributed by atoms with Crippen LogP contribution in [0.2, 0.25) is 0 Å². The van der Waals surface area contributed by atoms with E-state index >= 15 is 0 Å². The summed E-state index contributed by atoms with van der Waals surface area (Å²) in [4.78, 5) is 22.7. The summed E-state index contributed by atoms with van der Waals surface area (Å²) in [5.41, 5.74) is 6.80. The predicted octanol–water partition coefficient (Wildman–Crippen LogP) is 7.76. The molecule has 0 fully saturated rings. The van der Waals surface area contributed by atoms with E-state index in [-0.39, 0.29) is 11.9 Å². The maximum absolute atomic E-state index is 14.4. The number of carbonyl (C=O) groups is 1. The highest BCUT2D eigenvalue weighted by Crippen LogP contribution is 2.43. The van der Waals surface area contributed by atoms with Gasteiger partial charge in [0.15, 0.2) is 23.0 Å². The van der Waals surface area contributed by atoms with Gasteiger partial charge in [0.2, 0.25) is 5.91 Å². The summed E-state index contributed by atoms with van der Waals surface area (Å²) in [5, 5.41) is 3.42. The van der Waals surface area contributed by atoms with Crippen LogP contribution in [0.25, 0.3) is 21.7 Å². The fraction of sp³-hybridized carbons (Fsp3) is 0.333. The number of aryl methyl sites for hydroxylation is 1. The lowest BCUT2D eigenvalue weighted by Crippen LogP contribution is -2.42. The third-order valence-electron chi connectivity index (χ3n) is 9.67. The number of hydrogen-bond donors (Lipinski definition) is 0. The molecule has 1 aromatic heterocycles. The molecule has 7 nitrogen and oxygen atoms in total. The standard InChI is InChI=1S/C39H40N2O5S/c1-43-34-19-26-16-17-41(33(29(26)20-35(34)44-2)18-25-12-9-11-24-10-5-6-13-27(24)25)38(42)23-47-39-28-14-7-8-15-31(28)40-32-22-37(46-4)36(45-3)21-30(32)39/h5-6,9-13,19-22,33H,7-8,14-18,23H2,1-4H3. The zero-order valence-corrected chi connectivity index (χ0v) is 28.2. The Morgan fingerprint density at radius 3 is 2.32 bits per heavy atom. The van der Waals surface area contributed by atoms with Crippen molar-refractivity contribution in [3.8, 4) is 23.0 Å². The van der Waals surface area contributed by atoms with E-state index in [1.165, 1.54) is 27.5 Å². The van der Waals surface area contributed by atoms with Gasteiger partial charge >= 0.3 is 0 Å². The smallest absolute Gasteiger partial charge is 0.233 e. The highest BCUT2D eigenvalue weighted by atomic mass is 32.2. The minimum absolute atomic E-state index is 0.121. The summed E-state index contributed by atoms with van der Waals surface area (Å²) < 4.78 is 22.7. The summed E-state index contributed by atoms with van der Waals surface area (Å²) in [6.45, 7) is 0.636. The van der Waals surface area contributed by atoms with Gasteiger partial charge in [-0.05, 0) is 89.8 Å². The molecule has 0 radical (unpaired) electrons. The van der Waals surface area contributed by atoms with Gasteiger partial charge in [-0.25, -0.2) is 0 Å². The largest absolute Gasteiger partial charge is 0.493 e. The fourth-order valence-electron chi connectivity index (χ4n) is 7.32. The molecule has 0 spiro atoms. The van der Waals surface area contributed by atoms with Crippen LogP contribution in [0.1, 0.15) is 46.8 Å². The normalized spacial score (nSPS) is 15.7. The van der Waals surface area contributed by atoms with Crippen LogP contribution in [0.5, 0.6) is 23.0 Å². The number of ether oxygens (including phenoxy) is 4. The van der Waals surface area contributed by atoms with Crippen LogP contribution in [-0.4, -0.2) is 56.5 Å². The van der Waals surface area contributed by atoms with Gasteiger partial charge in [0.1, 0.15) is 0 Å². The van der Waals surface area contributed by atoms with Crippen molar-refractivity contribution in [1.29, 1.82) is 0 Å². The predicted molar refractivity (Wildman–Crippen MR) is 188 cm³/mol. The molecular formula is C39H40N2O5S. The van der Waals surface area contributed by atoms with Crippen LogP contribution in [0.15, 0.2) is 71.6 Å². The first-order valence-electron chi connectivity index (χ1n) is 16.2. The molecule has 242 valence electrons. The van der Waals surface area contributed by atoms with Crippen LogP contribution in [0.3, 0.4) is 0 Å². The van der Waals surface area contributed by atoms with Crippen LogP contribution in [-0.2, 0) is 30.5 Å². The Bertz CT molecular complexity index is 1970. The van der Waals surface area contributed by atoms with Crippen LogP contribution in [0, 0.1) is 0 Å². The van der Waals surface area contributed by atoms with Crippen LogP contribution < -0.4 is 18.9 Å². The molecule has 1 aliphatic carbocycles. The highest BCUT2D eigenvalue weighted by molar-refractivity contribution is 8.00. The van der Waals surface area contributed by atoms with E-state index in [4.69, 9.17) is 23.9 Å². The molecule has 8 heteroatoms. The van der Waals surface area contributed by atoms with Crippen LogP contribution >= 0.6 is 11.8 Å². The maximum Gasteiger partial charge on any atom is 0.233 e. The zero-order valence-electron chi connectivity index (χ0n) is 27.4. The second-order valence-electron chi connectivity index (χ2n) is 12.2. The summed E-state index contributed by atoms with van der Waals surface area (Å²) >= 11 is 1.63. The quantitative estimate of drug-likeness (QED) is 0.151. The Hall–Kier alpha value is -4.43. The van der Waals surface area contributed by atoms with E-state index in [2.05, 4.69) is 59.5 Å². The number of methoxy groups -OCH3 is 4. The Balaban J connectivity index is 1.26. The summed E-state index contributed by atoms with van der Waals surface area (Å²) in [7, 11) is 6.63. The minimum Gasteiger partial charge on any atom is -0.493 e. The summed E-state index contributed by atoms with van der Waals surface area (Å²) in [6, 6.07) is 22.9. The van der Waals surface area contributed by atoms with Crippen molar-refractivity contribution < 1.29 is 23.7 Å². The monoisotopic (exact) mass is 648 g/mol. The molecule has 47 heavy (non-hydrogen) atoms. The van der Waals surface area contributed by atoms with Gasteiger partial charge in [0, 0.05) is 28.6 Å². The van der Waals surface area contributed by atoms with Crippen molar-refractivity contribution in [2.75, 3.05) is 40.7 Å². The van der Waals surface area contributed by atoms with Gasteiger partial charge in [0.25, 0.3) is 0 Å². The minimum atomic E-state index is -0.148. The lowest BCUT2D eigenvalue weighted by atomic mass is 9.87. The van der Waals surface area contributed by atoms with E-state index in [0.29, 0.717) is 41.7 Å². The summed E-state index contributed by atoms with van der Waals surface area (Å²) in [6.07, 6.45) is 5.61. The molecule has 1 aliphatic heterocycles. The number of rotatable bonds is 9. The van der Waals surface area contributed by atoms with Gasteiger partial charge in [-0.2, -0.15) is 0 Å². The molecule has 1 amide bonds. The summed E-state index contributed by atoms with van der Waals surface area (Å²) in [5.74, 6) is 3.16. The van der Waals surface area contributed by atoms with Crippen LogP contribution in [0.4, 0.5) is 0 Å². The molecule has 1 atom stereocenters. The van der Waals surface area contributed by atoms with Gasteiger partial charge in [-0.1, -0.05) is 42.5 Å². The molecule has 2 aliphatic rings. The highest BCUT2D eigenvalue weighted by Gasteiger charge is 2.33. The second-order valence-corrected chi connectivity index (χ2v) is 13.2. The maximum atomic E-state index is 14.4. The van der Waals surface area contributed by atoms with E-state index in [9.17, 15) is 4.79 Å². The molecule has 0 bridgehead atoms. The van der Waals surface area contributed by atoms with Crippen molar-refractivity contribution in [1.82, 2.24) is 9.88 Å². The SMILES string of the molecule is COc1cc2c(cc1OC)C(Cc1cccc3ccccc13)N(C(=O)CSc1c3c(nc4cc(OC)c(OC)cc14)CCCC3)CC2.